The van der Waals surface area contributed by atoms with Crippen molar-refractivity contribution in [2.24, 2.45) is 23.7 Å². The largest absolute Gasteiger partial charge is 0.465 e. The summed E-state index contributed by atoms with van der Waals surface area (Å²) >= 11 is 0. The van der Waals surface area contributed by atoms with E-state index in [-0.39, 0.29) is 30.5 Å². The predicted octanol–water partition coefficient (Wildman–Crippen LogP) is 16.0. The Balaban J connectivity index is 0. The average molecular weight is 921 g/mol. The maximum Gasteiger partial charge on any atom is 0.305 e. The summed E-state index contributed by atoms with van der Waals surface area (Å²) in [5.41, 5.74) is 0. The van der Waals surface area contributed by atoms with Crippen LogP contribution in [0.3, 0.4) is 0 Å². The highest BCUT2D eigenvalue weighted by atomic mass is 16.5. The molecule has 0 amide bonds. The zero-order valence-electron chi connectivity index (χ0n) is 44.5. The Labute approximate surface area is 405 Å². The molecule has 1 aliphatic carbocycles. The first kappa shape index (κ1) is 65.5. The molecule has 0 radical (unpaired) electrons. The van der Waals surface area contributed by atoms with E-state index >= 15 is 0 Å². The number of aldehydes is 1. The van der Waals surface area contributed by atoms with Crippen LogP contribution in [0.15, 0.2) is 24.3 Å². The summed E-state index contributed by atoms with van der Waals surface area (Å²) in [6.45, 7) is 13.3. The Morgan fingerprint density at radius 3 is 1.71 bits per heavy atom. The lowest BCUT2D eigenvalue weighted by molar-refractivity contribution is -0.145. The summed E-state index contributed by atoms with van der Waals surface area (Å²) in [7, 11) is 3.99. The maximum atomic E-state index is 11.8. The van der Waals surface area contributed by atoms with Crippen LogP contribution in [-0.4, -0.2) is 80.5 Å². The third kappa shape index (κ3) is 50.2. The van der Waals surface area contributed by atoms with E-state index in [1.54, 1.807) is 0 Å². The van der Waals surface area contributed by atoms with E-state index in [1.807, 2.05) is 21.0 Å². The lowest BCUT2D eigenvalue weighted by atomic mass is 9.85. The van der Waals surface area contributed by atoms with Crippen molar-refractivity contribution in [1.29, 1.82) is 0 Å². The molecule has 5 atom stereocenters. The molecule has 0 saturated heterocycles. The van der Waals surface area contributed by atoms with Crippen LogP contribution in [0.4, 0.5) is 0 Å². The van der Waals surface area contributed by atoms with Gasteiger partial charge >= 0.3 is 5.97 Å². The van der Waals surface area contributed by atoms with E-state index in [9.17, 15) is 9.59 Å². The minimum atomic E-state index is -0.132. The number of aliphatic hydroxyl groups is 2. The van der Waals surface area contributed by atoms with E-state index in [0.29, 0.717) is 26.1 Å². The van der Waals surface area contributed by atoms with Crippen LogP contribution >= 0.6 is 0 Å². The van der Waals surface area contributed by atoms with E-state index < -0.39 is 0 Å². The summed E-state index contributed by atoms with van der Waals surface area (Å²) in [4.78, 5) is 24.7. The van der Waals surface area contributed by atoms with Crippen molar-refractivity contribution in [3.63, 3.8) is 0 Å². The van der Waals surface area contributed by atoms with Gasteiger partial charge in [-0.3, -0.25) is 4.79 Å². The monoisotopic (exact) mass is 920 g/mol. The Morgan fingerprint density at radius 1 is 0.631 bits per heavy atom. The predicted molar refractivity (Wildman–Crippen MR) is 282 cm³/mol. The summed E-state index contributed by atoms with van der Waals surface area (Å²) in [6, 6.07) is 0. The first-order valence-electron chi connectivity index (χ1n) is 28.1. The Bertz CT molecular complexity index is 1000. The SMILES string of the molecule is CC/C=C\CC(COC(=O)CCCN(C)C)C(CC)CC=O.CCCCC/C=C\CC1CC1CCCCCCCCOC(C)CO.CCCCCCCCCCCCCCCCCCO. The van der Waals surface area contributed by atoms with Crippen LogP contribution in [0.5, 0.6) is 0 Å². The van der Waals surface area contributed by atoms with Gasteiger partial charge in [-0.15, -0.1) is 0 Å². The Kier molecular flexibility index (Phi) is 53.9. The standard InChI is InChI=1S/C22H42O2.C18H33NO3.C18H38O/c1-3-4-5-6-9-12-15-21-18-22(21)16-13-10-7-8-11-14-17-24-20(2)19-23;1-5-7-8-10-17(16(6-2)12-14-20)15-22-18(21)11-9-13-19(3)4;1-2-3-4-5-6-7-8-9-10-11-12-13-14-15-16-17-18-19/h9,12,20-23H,3-8,10-11,13-19H2,1-2H3;7-8,14,16-17H,5-6,9-13,15H2,1-4H3;19H,2-18H2,1H3/b12-9-;8-7-;. The highest BCUT2D eigenvalue weighted by Crippen LogP contribution is 2.45. The summed E-state index contributed by atoms with van der Waals surface area (Å²) in [5, 5.41) is 17.5. The fraction of sp³-hybridized carbons (Fsp3) is 0.897. The van der Waals surface area contributed by atoms with Gasteiger partial charge in [-0.1, -0.05) is 206 Å². The van der Waals surface area contributed by atoms with Gasteiger partial charge in [0.05, 0.1) is 19.3 Å². The molecule has 65 heavy (non-hydrogen) atoms. The quantitative estimate of drug-likeness (QED) is 0.0272. The van der Waals surface area contributed by atoms with E-state index in [0.717, 1.165) is 69.8 Å². The number of carbonyl (C=O) groups is 2. The molecule has 7 nitrogen and oxygen atoms in total. The molecule has 0 spiro atoms. The number of aliphatic hydroxyl groups excluding tert-OH is 2. The molecule has 1 fully saturated rings. The number of hydrogen-bond donors (Lipinski definition) is 2. The lowest BCUT2D eigenvalue weighted by Gasteiger charge is -2.23. The molecule has 7 heteroatoms. The smallest absolute Gasteiger partial charge is 0.305 e. The van der Waals surface area contributed by atoms with Crippen molar-refractivity contribution in [3.8, 4) is 0 Å². The number of rotatable bonds is 46. The van der Waals surface area contributed by atoms with Gasteiger partial charge in [0.2, 0.25) is 0 Å². The topological polar surface area (TPSA) is 96.3 Å². The normalized spacial score (nSPS) is 16.0. The summed E-state index contributed by atoms with van der Waals surface area (Å²) in [6.07, 6.45) is 54.5. The molecule has 2 N–H and O–H groups in total. The Hall–Kier alpha value is -1.54. The molecule has 0 aromatic rings. The number of allylic oxidation sites excluding steroid dienone is 4. The highest BCUT2D eigenvalue weighted by molar-refractivity contribution is 5.69. The lowest BCUT2D eigenvalue weighted by Crippen LogP contribution is -2.22. The van der Waals surface area contributed by atoms with Crippen molar-refractivity contribution in [2.75, 3.05) is 47.1 Å². The fourth-order valence-electron chi connectivity index (χ4n) is 8.53. The first-order chi connectivity index (χ1) is 31.7. The third-order valence-corrected chi connectivity index (χ3v) is 13.2. The molecule has 1 saturated carbocycles. The van der Waals surface area contributed by atoms with Crippen molar-refractivity contribution in [1.82, 2.24) is 4.90 Å². The highest BCUT2D eigenvalue weighted by Gasteiger charge is 2.34. The van der Waals surface area contributed by atoms with Gasteiger partial charge < -0.3 is 29.4 Å². The molecule has 0 aliphatic heterocycles. The van der Waals surface area contributed by atoms with Crippen LogP contribution in [0.1, 0.15) is 259 Å². The van der Waals surface area contributed by atoms with Crippen molar-refractivity contribution in [2.45, 2.75) is 265 Å². The van der Waals surface area contributed by atoms with Gasteiger partial charge in [-0.05, 0) is 109 Å². The number of esters is 1. The van der Waals surface area contributed by atoms with Gasteiger partial charge in [-0.25, -0.2) is 0 Å². The van der Waals surface area contributed by atoms with Gasteiger partial charge in [0.15, 0.2) is 0 Å². The molecule has 1 aliphatic rings. The second-order valence-electron chi connectivity index (χ2n) is 19.8. The van der Waals surface area contributed by atoms with Crippen LogP contribution in [-0.2, 0) is 19.1 Å². The van der Waals surface area contributed by atoms with Gasteiger partial charge in [0.1, 0.15) is 6.29 Å². The molecule has 0 heterocycles. The van der Waals surface area contributed by atoms with Crippen LogP contribution in [0.25, 0.3) is 0 Å². The van der Waals surface area contributed by atoms with Crippen LogP contribution < -0.4 is 0 Å². The fourth-order valence-corrected chi connectivity index (χ4v) is 8.53. The van der Waals surface area contributed by atoms with E-state index in [2.05, 4.69) is 56.9 Å². The van der Waals surface area contributed by atoms with E-state index in [1.165, 1.54) is 173 Å². The zero-order chi connectivity index (χ0) is 48.3. The molecular formula is C58H113NO6. The van der Waals surface area contributed by atoms with Crippen molar-refractivity contribution in [3.05, 3.63) is 24.3 Å². The van der Waals surface area contributed by atoms with Gasteiger partial charge in [0, 0.05) is 26.1 Å². The minimum Gasteiger partial charge on any atom is -0.465 e. The van der Waals surface area contributed by atoms with Gasteiger partial charge in [0.25, 0.3) is 0 Å². The Morgan fingerprint density at radius 2 is 1.18 bits per heavy atom. The molecule has 1 rings (SSSR count). The minimum absolute atomic E-state index is 0.00248. The van der Waals surface area contributed by atoms with Crippen molar-refractivity contribution >= 4 is 12.3 Å². The summed E-state index contributed by atoms with van der Waals surface area (Å²) in [5.74, 6) is 2.44. The number of hydrogen-bond acceptors (Lipinski definition) is 7. The molecule has 5 unspecified atom stereocenters. The second-order valence-corrected chi connectivity index (χ2v) is 19.8. The number of nitrogens with zero attached hydrogens (tertiary/aromatic N) is 1. The second kappa shape index (κ2) is 53.4. The van der Waals surface area contributed by atoms with Crippen molar-refractivity contribution < 1.29 is 29.3 Å². The number of carbonyl (C=O) groups excluding carboxylic acids is 2. The third-order valence-electron chi connectivity index (χ3n) is 13.2. The molecule has 0 aromatic carbocycles. The zero-order valence-corrected chi connectivity index (χ0v) is 44.5. The summed E-state index contributed by atoms with van der Waals surface area (Å²) < 4.78 is 10.9. The maximum absolute atomic E-state index is 11.8. The molecular weight excluding hydrogens is 807 g/mol. The number of ether oxygens (including phenoxy) is 2. The molecule has 0 aromatic heterocycles. The van der Waals surface area contributed by atoms with Gasteiger partial charge in [-0.2, -0.15) is 0 Å². The number of unbranched alkanes of at least 4 members (excludes halogenated alkanes) is 23. The first-order valence-corrected chi connectivity index (χ1v) is 28.1. The molecule has 0 bridgehead atoms. The average Bonchev–Trinajstić information content (AvgIpc) is 4.06. The van der Waals surface area contributed by atoms with Crippen LogP contribution in [0, 0.1) is 23.7 Å². The van der Waals surface area contributed by atoms with Crippen LogP contribution in [0.2, 0.25) is 0 Å². The van der Waals surface area contributed by atoms with E-state index in [4.69, 9.17) is 19.7 Å². The molecule has 386 valence electrons.